The van der Waals surface area contributed by atoms with E-state index in [0.29, 0.717) is 12.3 Å². The van der Waals surface area contributed by atoms with Crippen LogP contribution >= 0.6 is 0 Å². The number of benzene rings is 1. The largest absolute Gasteiger partial charge is 0.356 e. The number of nitrogens with one attached hydrogen (secondary N) is 1. The lowest BCUT2D eigenvalue weighted by molar-refractivity contribution is -0.120. The van der Waals surface area contributed by atoms with E-state index >= 15 is 0 Å². The van der Waals surface area contributed by atoms with Crippen molar-refractivity contribution in [3.05, 3.63) is 35.9 Å². The molecule has 0 heterocycles. The maximum absolute atomic E-state index is 11.2. The van der Waals surface area contributed by atoms with Crippen molar-refractivity contribution in [1.82, 2.24) is 5.32 Å². The van der Waals surface area contributed by atoms with E-state index in [1.165, 1.54) is 12.0 Å². The quantitative estimate of drug-likeness (QED) is 0.825. The van der Waals surface area contributed by atoms with Gasteiger partial charge in [-0.1, -0.05) is 44.2 Å². The van der Waals surface area contributed by atoms with Gasteiger partial charge in [0, 0.05) is 13.0 Å². The highest BCUT2D eigenvalue weighted by atomic mass is 16.1. The number of carbonyl (C=O) groups is 1. The van der Waals surface area contributed by atoms with E-state index in [1.54, 1.807) is 0 Å². The summed E-state index contributed by atoms with van der Waals surface area (Å²) in [5.41, 5.74) is 1.67. The van der Waals surface area contributed by atoms with Crippen molar-refractivity contribution < 1.29 is 4.79 Å². The molecule has 1 aliphatic carbocycles. The monoisotopic (exact) mass is 217 g/mol. The van der Waals surface area contributed by atoms with Crippen molar-refractivity contribution in [2.75, 3.05) is 6.54 Å². The summed E-state index contributed by atoms with van der Waals surface area (Å²) in [4.78, 5) is 11.2. The molecule has 0 spiro atoms. The smallest absolute Gasteiger partial charge is 0.219 e. The van der Waals surface area contributed by atoms with Gasteiger partial charge in [0.05, 0.1) is 0 Å². The lowest BCUT2D eigenvalue weighted by atomic mass is 9.95. The van der Waals surface area contributed by atoms with Gasteiger partial charge >= 0.3 is 0 Å². The Hall–Kier alpha value is -1.31. The van der Waals surface area contributed by atoms with Crippen LogP contribution in [0.5, 0.6) is 0 Å². The van der Waals surface area contributed by atoms with Crippen molar-refractivity contribution in [2.45, 2.75) is 32.1 Å². The molecule has 2 nitrogen and oxygen atoms in total. The van der Waals surface area contributed by atoms with Crippen LogP contribution in [0.4, 0.5) is 0 Å². The minimum Gasteiger partial charge on any atom is -0.356 e. The summed E-state index contributed by atoms with van der Waals surface area (Å²) in [5.74, 6) is 0.757. The van der Waals surface area contributed by atoms with Gasteiger partial charge in [-0.3, -0.25) is 4.79 Å². The van der Waals surface area contributed by atoms with Crippen LogP contribution in [0.3, 0.4) is 0 Å². The molecule has 2 atom stereocenters. The van der Waals surface area contributed by atoms with Crippen molar-refractivity contribution >= 4 is 5.91 Å². The molecular formula is C14H19NO. The standard InChI is InChI=1S/C14H19NO/c1-3-13(16)15-10-12-9-14(12,2)11-7-5-4-6-8-11/h4-8,12H,3,9-10H2,1-2H3,(H,15,16). The van der Waals surface area contributed by atoms with Gasteiger partial charge in [0.15, 0.2) is 0 Å². The third-order valence-corrected chi connectivity index (χ3v) is 3.71. The molecule has 0 aliphatic heterocycles. The molecule has 1 saturated carbocycles. The Morgan fingerprint density at radius 2 is 2.12 bits per heavy atom. The normalized spacial score (nSPS) is 27.5. The summed E-state index contributed by atoms with van der Waals surface area (Å²) in [7, 11) is 0. The highest BCUT2D eigenvalue weighted by Gasteiger charge is 2.50. The van der Waals surface area contributed by atoms with Crippen LogP contribution in [0.2, 0.25) is 0 Å². The van der Waals surface area contributed by atoms with Gasteiger partial charge in [-0.2, -0.15) is 0 Å². The van der Waals surface area contributed by atoms with E-state index in [-0.39, 0.29) is 11.3 Å². The van der Waals surface area contributed by atoms with Gasteiger partial charge in [0.2, 0.25) is 5.91 Å². The van der Waals surface area contributed by atoms with E-state index < -0.39 is 0 Å². The van der Waals surface area contributed by atoms with Crippen molar-refractivity contribution in [3.8, 4) is 0 Å². The van der Waals surface area contributed by atoms with E-state index in [1.807, 2.05) is 13.0 Å². The first-order valence-corrected chi connectivity index (χ1v) is 5.99. The number of amides is 1. The van der Waals surface area contributed by atoms with Crippen LogP contribution in [0.15, 0.2) is 30.3 Å². The molecule has 86 valence electrons. The zero-order valence-electron chi connectivity index (χ0n) is 9.99. The summed E-state index contributed by atoms with van der Waals surface area (Å²) >= 11 is 0. The molecule has 1 fully saturated rings. The minimum atomic E-state index is 0.155. The molecule has 2 unspecified atom stereocenters. The highest BCUT2D eigenvalue weighted by molar-refractivity contribution is 5.75. The minimum absolute atomic E-state index is 0.155. The van der Waals surface area contributed by atoms with Gasteiger partial charge in [0.1, 0.15) is 0 Å². The molecule has 1 amide bonds. The van der Waals surface area contributed by atoms with Crippen LogP contribution in [0.25, 0.3) is 0 Å². The summed E-state index contributed by atoms with van der Waals surface area (Å²) < 4.78 is 0. The first kappa shape index (κ1) is 11.2. The number of hydrogen-bond acceptors (Lipinski definition) is 1. The predicted molar refractivity (Wildman–Crippen MR) is 65.2 cm³/mol. The van der Waals surface area contributed by atoms with Crippen LogP contribution in [-0.2, 0) is 10.2 Å². The Balaban J connectivity index is 1.92. The zero-order chi connectivity index (χ0) is 11.6. The molecule has 2 rings (SSSR count). The average Bonchev–Trinajstić information content (AvgIpc) is 3.00. The van der Waals surface area contributed by atoms with E-state index in [0.717, 1.165) is 6.54 Å². The van der Waals surface area contributed by atoms with Crippen molar-refractivity contribution in [1.29, 1.82) is 0 Å². The van der Waals surface area contributed by atoms with Crippen molar-refractivity contribution in [3.63, 3.8) is 0 Å². The zero-order valence-corrected chi connectivity index (χ0v) is 9.99. The van der Waals surface area contributed by atoms with Crippen LogP contribution in [0.1, 0.15) is 32.3 Å². The third-order valence-electron chi connectivity index (χ3n) is 3.71. The average molecular weight is 217 g/mol. The molecule has 0 bridgehead atoms. The van der Waals surface area contributed by atoms with Gasteiger partial charge in [-0.15, -0.1) is 0 Å². The summed E-state index contributed by atoms with van der Waals surface area (Å²) in [6.45, 7) is 4.99. The Morgan fingerprint density at radius 1 is 1.44 bits per heavy atom. The molecule has 0 radical (unpaired) electrons. The predicted octanol–water partition coefficient (Wildman–Crippen LogP) is 2.49. The second-order valence-electron chi connectivity index (χ2n) is 4.84. The highest BCUT2D eigenvalue weighted by Crippen LogP contribution is 2.53. The van der Waals surface area contributed by atoms with Gasteiger partial charge in [-0.05, 0) is 23.3 Å². The molecule has 1 aromatic carbocycles. The molecule has 2 heteroatoms. The van der Waals surface area contributed by atoms with Gasteiger partial charge < -0.3 is 5.32 Å². The molecular weight excluding hydrogens is 198 g/mol. The molecule has 1 aliphatic rings. The lowest BCUT2D eigenvalue weighted by Gasteiger charge is -2.12. The second kappa shape index (κ2) is 4.28. The van der Waals surface area contributed by atoms with Crippen molar-refractivity contribution in [2.24, 2.45) is 5.92 Å². The Kier molecular flexibility index (Phi) is 2.99. The molecule has 1 N–H and O–H groups in total. The van der Waals surface area contributed by atoms with E-state index in [2.05, 4.69) is 36.5 Å². The lowest BCUT2D eigenvalue weighted by Crippen LogP contribution is -2.26. The Labute approximate surface area is 97.1 Å². The second-order valence-corrected chi connectivity index (χ2v) is 4.84. The first-order valence-electron chi connectivity index (χ1n) is 5.99. The first-order chi connectivity index (χ1) is 7.66. The third kappa shape index (κ3) is 2.11. The fourth-order valence-corrected chi connectivity index (χ4v) is 2.28. The summed E-state index contributed by atoms with van der Waals surface area (Å²) in [5, 5.41) is 2.98. The van der Waals surface area contributed by atoms with Gasteiger partial charge in [-0.25, -0.2) is 0 Å². The van der Waals surface area contributed by atoms with E-state index in [9.17, 15) is 4.79 Å². The maximum Gasteiger partial charge on any atom is 0.219 e. The van der Waals surface area contributed by atoms with Crippen LogP contribution in [-0.4, -0.2) is 12.5 Å². The Bertz CT molecular complexity index is 374. The molecule has 16 heavy (non-hydrogen) atoms. The topological polar surface area (TPSA) is 29.1 Å². The SMILES string of the molecule is CCC(=O)NCC1CC1(C)c1ccccc1. The maximum atomic E-state index is 11.2. The number of carbonyl (C=O) groups excluding carboxylic acids is 1. The fourth-order valence-electron chi connectivity index (χ4n) is 2.28. The number of hydrogen-bond donors (Lipinski definition) is 1. The van der Waals surface area contributed by atoms with Crippen LogP contribution in [0, 0.1) is 5.92 Å². The molecule has 1 aromatic rings. The summed E-state index contributed by atoms with van der Waals surface area (Å²) in [6, 6.07) is 10.6. The Morgan fingerprint density at radius 3 is 2.75 bits per heavy atom. The molecule has 0 saturated heterocycles. The molecule has 0 aromatic heterocycles. The fraction of sp³-hybridized carbons (Fsp3) is 0.500. The summed E-state index contributed by atoms with van der Waals surface area (Å²) in [6.07, 6.45) is 1.76. The van der Waals surface area contributed by atoms with Crippen LogP contribution < -0.4 is 5.32 Å². The van der Waals surface area contributed by atoms with E-state index in [4.69, 9.17) is 0 Å². The van der Waals surface area contributed by atoms with Gasteiger partial charge in [0.25, 0.3) is 0 Å². The number of rotatable bonds is 4.